The molecule has 1 aliphatic heterocycles. The van der Waals surface area contributed by atoms with E-state index in [2.05, 4.69) is 66.6 Å². The summed E-state index contributed by atoms with van der Waals surface area (Å²) in [5.74, 6) is -0.425. The first-order valence-corrected chi connectivity index (χ1v) is 19.8. The Kier molecular flexibility index (Phi) is 27.3. The van der Waals surface area contributed by atoms with Gasteiger partial charge in [-0.1, -0.05) is 114 Å². The molecule has 290 valence electrons. The van der Waals surface area contributed by atoms with E-state index >= 15 is 0 Å². The summed E-state index contributed by atoms with van der Waals surface area (Å²) < 4.78 is 58.5. The molecule has 0 radical (unpaired) electrons. The highest BCUT2D eigenvalue weighted by molar-refractivity contribution is 7.80. The molecule has 12 nitrogen and oxygen atoms in total. The van der Waals surface area contributed by atoms with E-state index in [0.29, 0.717) is 13.0 Å². The lowest BCUT2D eigenvalue weighted by atomic mass is 9.99. The molecule has 0 bridgehead atoms. The van der Waals surface area contributed by atoms with Crippen molar-refractivity contribution in [3.05, 3.63) is 48.6 Å². The second-order valence-corrected chi connectivity index (χ2v) is 13.5. The first kappa shape index (κ1) is 46.1. The Morgan fingerprint density at radius 1 is 0.780 bits per heavy atom. The minimum absolute atomic E-state index is 0.00246. The van der Waals surface area contributed by atoms with Crippen molar-refractivity contribution < 1.29 is 56.2 Å². The van der Waals surface area contributed by atoms with Gasteiger partial charge < -0.3 is 34.3 Å². The number of carbonyl (C=O) groups is 1. The third-order valence-electron chi connectivity index (χ3n) is 7.97. The third kappa shape index (κ3) is 23.5. The Labute approximate surface area is 300 Å². The molecule has 1 aliphatic rings. The van der Waals surface area contributed by atoms with Crippen LogP contribution in [0, 0.1) is 0 Å². The number of rotatable bonds is 30. The van der Waals surface area contributed by atoms with Crippen LogP contribution in [-0.4, -0.2) is 97.5 Å². The van der Waals surface area contributed by atoms with Crippen LogP contribution in [0.3, 0.4) is 0 Å². The second-order valence-electron chi connectivity index (χ2n) is 12.4. The second kappa shape index (κ2) is 29.6. The fraction of sp³-hybridized carbons (Fsp3) is 0.757. The fourth-order valence-electron chi connectivity index (χ4n) is 5.20. The molecule has 1 saturated heterocycles. The van der Waals surface area contributed by atoms with Gasteiger partial charge in [0.2, 0.25) is 0 Å². The van der Waals surface area contributed by atoms with Crippen LogP contribution < -0.4 is 0 Å². The number of esters is 1. The number of carbonyl (C=O) groups excluding carboxylic acids is 1. The summed E-state index contributed by atoms with van der Waals surface area (Å²) in [6.45, 7) is 3.66. The van der Waals surface area contributed by atoms with Crippen molar-refractivity contribution in [2.75, 3.05) is 26.4 Å². The van der Waals surface area contributed by atoms with E-state index < -0.39 is 59.8 Å². The van der Waals surface area contributed by atoms with Crippen LogP contribution in [0.4, 0.5) is 0 Å². The molecule has 0 aromatic rings. The summed E-state index contributed by atoms with van der Waals surface area (Å²) in [5.41, 5.74) is 0. The van der Waals surface area contributed by atoms with Crippen LogP contribution in [-0.2, 0) is 38.3 Å². The highest BCUT2D eigenvalue weighted by atomic mass is 32.3. The highest BCUT2D eigenvalue weighted by Gasteiger charge is 2.48. The SMILES string of the molecule is CC/C=C\C/C=C\C/C=C\C/C=C\CCCOCC(COC1OC(CO)C(O)C(OS(=O)(=O)O)C1O)OC(=O)CCCCCCCCCCC. The molecular formula is C37H64O12S. The van der Waals surface area contributed by atoms with Gasteiger partial charge in [0.15, 0.2) is 6.29 Å². The number of ether oxygens (including phenoxy) is 4. The molecule has 6 atom stereocenters. The van der Waals surface area contributed by atoms with Gasteiger partial charge in [-0.15, -0.1) is 0 Å². The third-order valence-corrected chi connectivity index (χ3v) is 8.43. The molecule has 0 aromatic carbocycles. The lowest BCUT2D eigenvalue weighted by Gasteiger charge is -2.41. The Balaban J connectivity index is 2.58. The number of allylic oxidation sites excluding steroid dienone is 8. The normalized spacial score (nSPS) is 22.4. The molecule has 0 spiro atoms. The van der Waals surface area contributed by atoms with Crippen molar-refractivity contribution in [1.29, 1.82) is 0 Å². The molecule has 1 heterocycles. The summed E-state index contributed by atoms with van der Waals surface area (Å²) in [7, 11) is -5.06. The number of aliphatic hydroxyl groups excluding tert-OH is 3. The summed E-state index contributed by atoms with van der Waals surface area (Å²) in [6, 6.07) is 0. The van der Waals surface area contributed by atoms with Crippen molar-refractivity contribution in [2.24, 2.45) is 0 Å². The molecule has 6 unspecified atom stereocenters. The average Bonchev–Trinajstić information content (AvgIpc) is 3.08. The van der Waals surface area contributed by atoms with Crippen LogP contribution in [0.25, 0.3) is 0 Å². The van der Waals surface area contributed by atoms with E-state index in [1.165, 1.54) is 32.1 Å². The van der Waals surface area contributed by atoms with Gasteiger partial charge in [0.05, 0.1) is 19.8 Å². The molecule has 0 aromatic heterocycles. The van der Waals surface area contributed by atoms with E-state index in [4.69, 9.17) is 23.5 Å². The number of aliphatic hydroxyl groups is 3. The van der Waals surface area contributed by atoms with Crippen molar-refractivity contribution >= 4 is 16.4 Å². The Morgan fingerprint density at radius 3 is 1.94 bits per heavy atom. The summed E-state index contributed by atoms with van der Waals surface area (Å²) >= 11 is 0. The predicted octanol–water partition coefficient (Wildman–Crippen LogP) is 6.06. The molecule has 0 aliphatic carbocycles. The van der Waals surface area contributed by atoms with Gasteiger partial charge >= 0.3 is 16.4 Å². The number of unbranched alkanes of at least 4 members (excludes halogenated alkanes) is 9. The minimum Gasteiger partial charge on any atom is -0.457 e. The van der Waals surface area contributed by atoms with Gasteiger partial charge in [0.25, 0.3) is 0 Å². The zero-order chi connectivity index (χ0) is 36.9. The minimum atomic E-state index is -5.06. The van der Waals surface area contributed by atoms with Crippen molar-refractivity contribution in [3.63, 3.8) is 0 Å². The van der Waals surface area contributed by atoms with Crippen molar-refractivity contribution in [1.82, 2.24) is 0 Å². The van der Waals surface area contributed by atoms with Gasteiger partial charge in [0.1, 0.15) is 30.5 Å². The summed E-state index contributed by atoms with van der Waals surface area (Å²) in [4.78, 5) is 12.7. The molecule has 0 saturated carbocycles. The summed E-state index contributed by atoms with van der Waals surface area (Å²) in [5, 5.41) is 30.4. The van der Waals surface area contributed by atoms with Gasteiger partial charge in [0, 0.05) is 13.0 Å². The van der Waals surface area contributed by atoms with Crippen LogP contribution in [0.2, 0.25) is 0 Å². The topological polar surface area (TPSA) is 178 Å². The maximum atomic E-state index is 12.7. The monoisotopic (exact) mass is 732 g/mol. The van der Waals surface area contributed by atoms with E-state index in [1.54, 1.807) is 0 Å². The molecule has 1 rings (SSSR count). The van der Waals surface area contributed by atoms with E-state index in [-0.39, 0.29) is 19.6 Å². The molecular weight excluding hydrogens is 668 g/mol. The fourth-order valence-corrected chi connectivity index (χ4v) is 5.71. The van der Waals surface area contributed by atoms with Crippen LogP contribution in [0.1, 0.15) is 117 Å². The summed E-state index contributed by atoms with van der Waals surface area (Å²) in [6.07, 6.45) is 23.2. The van der Waals surface area contributed by atoms with Crippen LogP contribution in [0.15, 0.2) is 48.6 Å². The van der Waals surface area contributed by atoms with Crippen molar-refractivity contribution in [2.45, 2.75) is 153 Å². The number of hydrogen-bond donors (Lipinski definition) is 4. The van der Waals surface area contributed by atoms with Crippen LogP contribution >= 0.6 is 0 Å². The molecule has 4 N–H and O–H groups in total. The lowest BCUT2D eigenvalue weighted by Crippen LogP contribution is -2.60. The molecule has 1 fully saturated rings. The first-order valence-electron chi connectivity index (χ1n) is 18.4. The van der Waals surface area contributed by atoms with Gasteiger partial charge in [-0.25, -0.2) is 4.18 Å². The quantitative estimate of drug-likeness (QED) is 0.0291. The Hall–Kier alpha value is -1.94. The maximum Gasteiger partial charge on any atom is 0.397 e. The molecule has 13 heteroatoms. The standard InChI is InChI=1S/C37H64O12S/c1-3-5-7-9-11-13-14-15-16-17-19-21-23-25-27-45-29-31(47-33(39)26-24-22-20-18-12-10-8-6-4-2)30-46-37-35(41)36(49-50(42,43)44)34(40)32(28-38)48-37/h5,7,11,13,15-16,19,21,31-32,34-38,40-41H,3-4,6,8-10,12,14,17-18,20,22-30H2,1-2H3,(H,42,43,44)/b7-5-,13-11-,16-15-,21-19-. The largest absolute Gasteiger partial charge is 0.457 e. The zero-order valence-corrected chi connectivity index (χ0v) is 31.0. The van der Waals surface area contributed by atoms with Crippen LogP contribution in [0.5, 0.6) is 0 Å². The van der Waals surface area contributed by atoms with Gasteiger partial charge in [-0.05, 0) is 44.9 Å². The molecule has 0 amide bonds. The average molecular weight is 733 g/mol. The Bertz CT molecular complexity index is 1070. The van der Waals surface area contributed by atoms with E-state index in [1.807, 2.05) is 0 Å². The predicted molar refractivity (Wildman–Crippen MR) is 193 cm³/mol. The van der Waals surface area contributed by atoms with Gasteiger partial charge in [-0.2, -0.15) is 8.42 Å². The van der Waals surface area contributed by atoms with Gasteiger partial charge in [-0.3, -0.25) is 9.35 Å². The zero-order valence-electron chi connectivity index (χ0n) is 30.2. The molecule has 50 heavy (non-hydrogen) atoms. The maximum absolute atomic E-state index is 12.7. The van der Waals surface area contributed by atoms with E-state index in [9.17, 15) is 28.5 Å². The Morgan fingerprint density at radius 2 is 1.36 bits per heavy atom. The highest BCUT2D eigenvalue weighted by Crippen LogP contribution is 2.26. The van der Waals surface area contributed by atoms with Crippen molar-refractivity contribution in [3.8, 4) is 0 Å². The lowest BCUT2D eigenvalue weighted by molar-refractivity contribution is -0.301. The smallest absolute Gasteiger partial charge is 0.397 e. The van der Waals surface area contributed by atoms with E-state index in [0.717, 1.165) is 57.8 Å². The number of hydrogen-bond acceptors (Lipinski definition) is 11. The first-order chi connectivity index (χ1) is 24.1.